The van der Waals surface area contributed by atoms with Crippen molar-refractivity contribution in [3.05, 3.63) is 18.1 Å². The number of ether oxygens (including phenoxy) is 1. The molecule has 0 aromatic carbocycles. The number of hydrogen-bond acceptors (Lipinski definition) is 4. The van der Waals surface area contributed by atoms with Gasteiger partial charge in [0.2, 0.25) is 5.88 Å². The van der Waals surface area contributed by atoms with Crippen LogP contribution in [0.5, 0.6) is 5.88 Å². The van der Waals surface area contributed by atoms with Crippen molar-refractivity contribution < 1.29 is 4.74 Å². The summed E-state index contributed by atoms with van der Waals surface area (Å²) in [7, 11) is 0. The van der Waals surface area contributed by atoms with Crippen LogP contribution in [0.1, 0.15) is 12.1 Å². The molecular formula is C9H13N3O. The highest BCUT2D eigenvalue weighted by Crippen LogP contribution is 2.14. The summed E-state index contributed by atoms with van der Waals surface area (Å²) >= 11 is 0. The van der Waals surface area contributed by atoms with Gasteiger partial charge in [0.15, 0.2) is 0 Å². The Bertz CT molecular complexity index is 284. The second-order valence-corrected chi connectivity index (χ2v) is 3.18. The van der Waals surface area contributed by atoms with Gasteiger partial charge in [-0.2, -0.15) is 0 Å². The predicted molar refractivity (Wildman–Crippen MR) is 48.7 cm³/mol. The molecule has 0 unspecified atom stereocenters. The van der Waals surface area contributed by atoms with Gasteiger partial charge < -0.3 is 10.1 Å². The smallest absolute Gasteiger partial charge is 0.235 e. The molecule has 2 heterocycles. The molecule has 13 heavy (non-hydrogen) atoms. The van der Waals surface area contributed by atoms with Gasteiger partial charge in [0.25, 0.3) is 0 Å². The van der Waals surface area contributed by atoms with Crippen LogP contribution in [-0.2, 0) is 0 Å². The lowest BCUT2D eigenvalue weighted by Gasteiger charge is -2.11. The lowest BCUT2D eigenvalue weighted by Crippen LogP contribution is -2.20. The minimum atomic E-state index is 0.260. The van der Waals surface area contributed by atoms with E-state index in [1.165, 1.54) is 0 Å². The molecule has 1 fully saturated rings. The largest absolute Gasteiger partial charge is 0.472 e. The quantitative estimate of drug-likeness (QED) is 0.719. The first-order chi connectivity index (χ1) is 6.36. The summed E-state index contributed by atoms with van der Waals surface area (Å²) in [5.41, 5.74) is 0.856. The topological polar surface area (TPSA) is 47.0 Å². The van der Waals surface area contributed by atoms with E-state index in [0.717, 1.165) is 25.2 Å². The second-order valence-electron chi connectivity index (χ2n) is 3.18. The summed E-state index contributed by atoms with van der Waals surface area (Å²) in [6.07, 6.45) is 4.64. The summed E-state index contributed by atoms with van der Waals surface area (Å²) in [6.45, 7) is 3.85. The van der Waals surface area contributed by atoms with Crippen molar-refractivity contribution in [1.29, 1.82) is 0 Å². The molecule has 70 valence electrons. The van der Waals surface area contributed by atoms with Gasteiger partial charge in [0, 0.05) is 18.9 Å². The van der Waals surface area contributed by atoms with Crippen LogP contribution in [0.3, 0.4) is 0 Å². The fourth-order valence-electron chi connectivity index (χ4n) is 1.40. The molecule has 1 aromatic heterocycles. The second kappa shape index (κ2) is 3.70. The molecular weight excluding hydrogens is 166 g/mol. The van der Waals surface area contributed by atoms with Gasteiger partial charge in [-0.3, -0.25) is 4.98 Å². The Hall–Kier alpha value is -1.16. The fraction of sp³-hybridized carbons (Fsp3) is 0.556. The molecule has 1 aliphatic heterocycles. The van der Waals surface area contributed by atoms with E-state index < -0.39 is 0 Å². The van der Waals surface area contributed by atoms with Crippen molar-refractivity contribution in [3.8, 4) is 5.88 Å². The molecule has 4 nitrogen and oxygen atoms in total. The van der Waals surface area contributed by atoms with E-state index in [4.69, 9.17) is 4.74 Å². The zero-order valence-corrected chi connectivity index (χ0v) is 7.66. The van der Waals surface area contributed by atoms with Crippen molar-refractivity contribution in [2.45, 2.75) is 19.4 Å². The van der Waals surface area contributed by atoms with Crippen molar-refractivity contribution in [3.63, 3.8) is 0 Å². The van der Waals surface area contributed by atoms with E-state index >= 15 is 0 Å². The average molecular weight is 179 g/mol. The molecule has 1 N–H and O–H groups in total. The highest BCUT2D eigenvalue weighted by molar-refractivity contribution is 5.15. The lowest BCUT2D eigenvalue weighted by molar-refractivity contribution is 0.211. The van der Waals surface area contributed by atoms with Crippen LogP contribution in [0.4, 0.5) is 0 Å². The van der Waals surface area contributed by atoms with Crippen molar-refractivity contribution in [2.75, 3.05) is 13.1 Å². The molecule has 0 spiro atoms. The van der Waals surface area contributed by atoms with Crippen molar-refractivity contribution in [1.82, 2.24) is 15.3 Å². The molecule has 0 saturated carbocycles. The van der Waals surface area contributed by atoms with E-state index in [2.05, 4.69) is 15.3 Å². The average Bonchev–Trinajstić information content (AvgIpc) is 2.61. The van der Waals surface area contributed by atoms with Crippen LogP contribution in [0.25, 0.3) is 0 Å². The molecule has 2 rings (SSSR count). The Morgan fingerprint density at radius 3 is 3.00 bits per heavy atom. The monoisotopic (exact) mass is 179 g/mol. The zero-order chi connectivity index (χ0) is 9.10. The Morgan fingerprint density at radius 2 is 2.31 bits per heavy atom. The van der Waals surface area contributed by atoms with E-state index in [1.54, 1.807) is 12.4 Å². The van der Waals surface area contributed by atoms with Crippen LogP contribution in [0.15, 0.2) is 12.4 Å². The first-order valence-electron chi connectivity index (χ1n) is 4.51. The van der Waals surface area contributed by atoms with Gasteiger partial charge in [-0.25, -0.2) is 4.98 Å². The number of aromatic nitrogens is 2. The Kier molecular flexibility index (Phi) is 2.40. The van der Waals surface area contributed by atoms with Gasteiger partial charge >= 0.3 is 0 Å². The molecule has 1 saturated heterocycles. The van der Waals surface area contributed by atoms with E-state index in [0.29, 0.717) is 5.88 Å². The normalized spacial score (nSPS) is 21.8. The van der Waals surface area contributed by atoms with E-state index in [1.807, 2.05) is 6.92 Å². The summed E-state index contributed by atoms with van der Waals surface area (Å²) < 4.78 is 5.67. The maximum Gasteiger partial charge on any atom is 0.235 e. The Balaban J connectivity index is 2.04. The predicted octanol–water partition coefficient (Wildman–Crippen LogP) is 0.526. The molecule has 1 aromatic rings. The van der Waals surface area contributed by atoms with Gasteiger partial charge in [-0.1, -0.05) is 0 Å². The first-order valence-corrected chi connectivity index (χ1v) is 4.51. The van der Waals surface area contributed by atoms with Crippen LogP contribution in [-0.4, -0.2) is 29.2 Å². The standard InChI is InChI=1S/C9H13N3O/c1-7-9(12-5-4-11-7)13-8-2-3-10-6-8/h4-5,8,10H,2-3,6H2,1H3/t8-/m1/s1. The highest BCUT2D eigenvalue weighted by Gasteiger charge is 2.17. The fourth-order valence-corrected chi connectivity index (χ4v) is 1.40. The van der Waals surface area contributed by atoms with Crippen LogP contribution in [0, 0.1) is 6.92 Å². The summed E-state index contributed by atoms with van der Waals surface area (Å²) in [4.78, 5) is 8.24. The van der Waals surface area contributed by atoms with Crippen LogP contribution < -0.4 is 10.1 Å². The third-order valence-electron chi connectivity index (χ3n) is 2.13. The minimum absolute atomic E-state index is 0.260. The summed E-state index contributed by atoms with van der Waals surface area (Å²) in [5, 5.41) is 3.24. The van der Waals surface area contributed by atoms with E-state index in [-0.39, 0.29) is 6.10 Å². The van der Waals surface area contributed by atoms with Crippen molar-refractivity contribution >= 4 is 0 Å². The number of nitrogens with one attached hydrogen (secondary N) is 1. The number of aryl methyl sites for hydroxylation is 1. The van der Waals surface area contributed by atoms with Gasteiger partial charge in [-0.15, -0.1) is 0 Å². The third-order valence-corrected chi connectivity index (χ3v) is 2.13. The highest BCUT2D eigenvalue weighted by atomic mass is 16.5. The van der Waals surface area contributed by atoms with Crippen molar-refractivity contribution in [2.24, 2.45) is 0 Å². The summed E-state index contributed by atoms with van der Waals surface area (Å²) in [6, 6.07) is 0. The van der Waals surface area contributed by atoms with Crippen LogP contribution in [0.2, 0.25) is 0 Å². The van der Waals surface area contributed by atoms with Gasteiger partial charge in [0.1, 0.15) is 6.10 Å². The SMILES string of the molecule is Cc1nccnc1O[C@@H]1CCNC1. The lowest BCUT2D eigenvalue weighted by atomic mass is 10.3. The number of rotatable bonds is 2. The third kappa shape index (κ3) is 1.95. The minimum Gasteiger partial charge on any atom is -0.472 e. The molecule has 1 atom stereocenters. The number of nitrogens with zero attached hydrogens (tertiary/aromatic N) is 2. The summed E-state index contributed by atoms with van der Waals surface area (Å²) in [5.74, 6) is 0.663. The molecule has 0 bridgehead atoms. The Labute approximate surface area is 77.4 Å². The molecule has 0 aliphatic carbocycles. The first kappa shape index (κ1) is 8.44. The Morgan fingerprint density at radius 1 is 1.46 bits per heavy atom. The molecule has 0 amide bonds. The van der Waals surface area contributed by atoms with E-state index in [9.17, 15) is 0 Å². The van der Waals surface area contributed by atoms with Crippen LogP contribution >= 0.6 is 0 Å². The maximum absolute atomic E-state index is 5.67. The van der Waals surface area contributed by atoms with Gasteiger partial charge in [0.05, 0.1) is 5.69 Å². The van der Waals surface area contributed by atoms with Gasteiger partial charge in [-0.05, 0) is 19.9 Å². The molecule has 4 heteroatoms. The maximum atomic E-state index is 5.67. The molecule has 0 radical (unpaired) electrons. The molecule has 1 aliphatic rings. The number of hydrogen-bond donors (Lipinski definition) is 1. The zero-order valence-electron chi connectivity index (χ0n) is 7.66.